The summed E-state index contributed by atoms with van der Waals surface area (Å²) in [5, 5.41) is 13.8. The van der Waals surface area contributed by atoms with Crippen molar-refractivity contribution in [2.75, 3.05) is 19.5 Å². The maximum absolute atomic E-state index is 12.3. The van der Waals surface area contributed by atoms with Gasteiger partial charge in [-0.1, -0.05) is 6.07 Å². The molecule has 26 heavy (non-hydrogen) atoms. The molecule has 2 rings (SSSR count). The van der Waals surface area contributed by atoms with Crippen molar-refractivity contribution >= 4 is 17.3 Å². The number of hydrogen-bond acceptors (Lipinski definition) is 6. The van der Waals surface area contributed by atoms with Gasteiger partial charge in [0.2, 0.25) is 0 Å². The second-order valence-corrected chi connectivity index (χ2v) is 5.55. The van der Waals surface area contributed by atoms with Gasteiger partial charge in [-0.15, -0.1) is 0 Å². The van der Waals surface area contributed by atoms with Gasteiger partial charge >= 0.3 is 5.69 Å². The lowest BCUT2D eigenvalue weighted by molar-refractivity contribution is -0.386. The number of nitrogens with one attached hydrogen (secondary N) is 1. The van der Waals surface area contributed by atoms with Crippen LogP contribution in [0.2, 0.25) is 0 Å². The molecule has 0 radical (unpaired) electrons. The van der Waals surface area contributed by atoms with Crippen molar-refractivity contribution in [3.8, 4) is 17.2 Å². The standard InChI is InChI=1S/C18H20N2O6/c1-11-5-7-15(14(9-11)20(22)23)26-12(2)18(21)19-13-6-8-16(24-3)17(10-13)25-4/h5-10,12H,1-4H3,(H,19,21)/t12-/m0/s1. The fraction of sp³-hybridized carbons (Fsp3) is 0.278. The van der Waals surface area contributed by atoms with Gasteiger partial charge in [-0.05, 0) is 37.6 Å². The number of nitro benzene ring substituents is 1. The number of carbonyl (C=O) groups excluding carboxylic acids is 1. The average Bonchev–Trinajstić information content (AvgIpc) is 2.62. The van der Waals surface area contributed by atoms with E-state index >= 15 is 0 Å². The zero-order valence-electron chi connectivity index (χ0n) is 14.9. The first-order chi connectivity index (χ1) is 12.3. The van der Waals surface area contributed by atoms with Crippen molar-refractivity contribution in [1.29, 1.82) is 0 Å². The number of nitrogens with zero attached hydrogens (tertiary/aromatic N) is 1. The molecule has 0 saturated heterocycles. The van der Waals surface area contributed by atoms with E-state index in [1.165, 1.54) is 33.3 Å². The van der Waals surface area contributed by atoms with Gasteiger partial charge in [0.25, 0.3) is 5.91 Å². The van der Waals surface area contributed by atoms with Crippen LogP contribution in [0, 0.1) is 17.0 Å². The Balaban J connectivity index is 2.12. The molecule has 2 aromatic rings. The van der Waals surface area contributed by atoms with Gasteiger partial charge < -0.3 is 19.5 Å². The largest absolute Gasteiger partial charge is 0.493 e. The number of carbonyl (C=O) groups is 1. The van der Waals surface area contributed by atoms with E-state index in [9.17, 15) is 14.9 Å². The molecule has 0 aliphatic heterocycles. The number of benzene rings is 2. The quantitative estimate of drug-likeness (QED) is 0.600. The number of hydrogen-bond donors (Lipinski definition) is 1. The Morgan fingerprint density at radius 1 is 1.08 bits per heavy atom. The minimum absolute atomic E-state index is 0.0376. The number of nitro groups is 1. The Morgan fingerprint density at radius 2 is 1.73 bits per heavy atom. The highest BCUT2D eigenvalue weighted by Gasteiger charge is 2.21. The Morgan fingerprint density at radius 3 is 2.35 bits per heavy atom. The summed E-state index contributed by atoms with van der Waals surface area (Å²) < 4.78 is 15.8. The van der Waals surface area contributed by atoms with Crippen LogP contribution < -0.4 is 19.5 Å². The molecule has 1 amide bonds. The van der Waals surface area contributed by atoms with Gasteiger partial charge in [0.05, 0.1) is 19.1 Å². The highest BCUT2D eigenvalue weighted by Crippen LogP contribution is 2.31. The molecule has 0 bridgehead atoms. The lowest BCUT2D eigenvalue weighted by Gasteiger charge is -2.16. The predicted octanol–water partition coefficient (Wildman–Crippen LogP) is 3.33. The minimum Gasteiger partial charge on any atom is -0.493 e. The molecular formula is C18H20N2O6. The molecule has 0 saturated carbocycles. The van der Waals surface area contributed by atoms with Gasteiger partial charge in [-0.3, -0.25) is 14.9 Å². The molecule has 138 valence electrons. The van der Waals surface area contributed by atoms with Crippen LogP contribution in [0.15, 0.2) is 36.4 Å². The molecule has 0 fully saturated rings. The molecule has 1 atom stereocenters. The van der Waals surface area contributed by atoms with E-state index < -0.39 is 16.9 Å². The molecule has 0 aliphatic rings. The number of anilines is 1. The number of methoxy groups -OCH3 is 2. The van der Waals surface area contributed by atoms with E-state index in [-0.39, 0.29) is 11.4 Å². The second kappa shape index (κ2) is 8.19. The minimum atomic E-state index is -0.940. The monoisotopic (exact) mass is 360 g/mol. The molecule has 2 aromatic carbocycles. The number of amides is 1. The van der Waals surface area contributed by atoms with Crippen molar-refractivity contribution in [3.63, 3.8) is 0 Å². The average molecular weight is 360 g/mol. The van der Waals surface area contributed by atoms with E-state index in [1.807, 2.05) is 0 Å². The van der Waals surface area contributed by atoms with E-state index in [1.54, 1.807) is 31.2 Å². The lowest BCUT2D eigenvalue weighted by atomic mass is 10.2. The summed E-state index contributed by atoms with van der Waals surface area (Å²) in [6.07, 6.45) is -0.940. The van der Waals surface area contributed by atoms with Crippen molar-refractivity contribution in [3.05, 3.63) is 52.1 Å². The molecule has 1 N–H and O–H groups in total. The summed E-state index contributed by atoms with van der Waals surface area (Å²) in [6, 6.07) is 9.48. The van der Waals surface area contributed by atoms with Gasteiger partial charge in [0.15, 0.2) is 23.4 Å². The summed E-state index contributed by atoms with van der Waals surface area (Å²) >= 11 is 0. The number of ether oxygens (including phenoxy) is 3. The first kappa shape index (κ1) is 19.0. The maximum Gasteiger partial charge on any atom is 0.311 e. The zero-order chi connectivity index (χ0) is 19.3. The summed E-state index contributed by atoms with van der Waals surface area (Å²) in [5.41, 5.74) is 1.03. The van der Waals surface area contributed by atoms with Crippen LogP contribution in [-0.4, -0.2) is 31.2 Å². The van der Waals surface area contributed by atoms with Crippen LogP contribution in [0.4, 0.5) is 11.4 Å². The molecule has 8 nitrogen and oxygen atoms in total. The van der Waals surface area contributed by atoms with Gasteiger partial charge in [0, 0.05) is 17.8 Å². The third kappa shape index (κ3) is 4.41. The zero-order valence-corrected chi connectivity index (χ0v) is 14.9. The van der Waals surface area contributed by atoms with Gasteiger partial charge in [-0.2, -0.15) is 0 Å². The van der Waals surface area contributed by atoms with Crippen LogP contribution >= 0.6 is 0 Å². The Kier molecular flexibility index (Phi) is 6.00. The van der Waals surface area contributed by atoms with E-state index in [2.05, 4.69) is 5.32 Å². The smallest absolute Gasteiger partial charge is 0.311 e. The van der Waals surface area contributed by atoms with E-state index in [4.69, 9.17) is 14.2 Å². The fourth-order valence-electron chi connectivity index (χ4n) is 2.27. The maximum atomic E-state index is 12.3. The Hall–Kier alpha value is -3.29. The third-order valence-electron chi connectivity index (χ3n) is 3.64. The summed E-state index contributed by atoms with van der Waals surface area (Å²) in [4.78, 5) is 22.9. The van der Waals surface area contributed by atoms with Crippen LogP contribution in [0.1, 0.15) is 12.5 Å². The molecular weight excluding hydrogens is 340 g/mol. The summed E-state index contributed by atoms with van der Waals surface area (Å²) in [7, 11) is 3.01. The topological polar surface area (TPSA) is 99.9 Å². The van der Waals surface area contributed by atoms with Crippen molar-refractivity contribution in [2.24, 2.45) is 0 Å². The van der Waals surface area contributed by atoms with Crippen LogP contribution in [0.5, 0.6) is 17.2 Å². The van der Waals surface area contributed by atoms with Crippen LogP contribution in [0.25, 0.3) is 0 Å². The Labute approximate surface area is 150 Å². The molecule has 0 spiro atoms. The predicted molar refractivity (Wildman–Crippen MR) is 96.1 cm³/mol. The van der Waals surface area contributed by atoms with Crippen molar-refractivity contribution in [2.45, 2.75) is 20.0 Å². The third-order valence-corrected chi connectivity index (χ3v) is 3.64. The normalized spacial score (nSPS) is 11.4. The first-order valence-electron chi connectivity index (χ1n) is 7.80. The molecule has 8 heteroatoms. The first-order valence-corrected chi connectivity index (χ1v) is 7.80. The van der Waals surface area contributed by atoms with Crippen LogP contribution in [-0.2, 0) is 4.79 Å². The molecule has 0 aromatic heterocycles. The SMILES string of the molecule is COc1ccc(NC(=O)[C@H](C)Oc2ccc(C)cc2[N+](=O)[O-])cc1OC. The van der Waals surface area contributed by atoms with Crippen molar-refractivity contribution in [1.82, 2.24) is 0 Å². The highest BCUT2D eigenvalue weighted by molar-refractivity contribution is 5.94. The molecule has 0 unspecified atom stereocenters. The van der Waals surface area contributed by atoms with E-state index in [0.717, 1.165) is 5.56 Å². The van der Waals surface area contributed by atoms with Gasteiger partial charge in [-0.25, -0.2) is 0 Å². The van der Waals surface area contributed by atoms with Gasteiger partial charge in [0.1, 0.15) is 0 Å². The van der Waals surface area contributed by atoms with E-state index in [0.29, 0.717) is 17.2 Å². The Bertz CT molecular complexity index is 821. The highest BCUT2D eigenvalue weighted by atomic mass is 16.6. The summed E-state index contributed by atoms with van der Waals surface area (Å²) in [5.74, 6) is 0.584. The molecule has 0 aliphatic carbocycles. The lowest BCUT2D eigenvalue weighted by Crippen LogP contribution is -2.30. The van der Waals surface area contributed by atoms with Crippen LogP contribution in [0.3, 0.4) is 0 Å². The second-order valence-electron chi connectivity index (χ2n) is 5.55. The number of aryl methyl sites for hydroxylation is 1. The fourth-order valence-corrected chi connectivity index (χ4v) is 2.27. The van der Waals surface area contributed by atoms with Crippen molar-refractivity contribution < 1.29 is 23.9 Å². The number of rotatable bonds is 7. The summed E-state index contributed by atoms with van der Waals surface area (Å²) in [6.45, 7) is 3.25. The molecule has 0 heterocycles.